The molecular formula is C17H16N+. The summed E-state index contributed by atoms with van der Waals surface area (Å²) in [5.41, 5.74) is 2.69. The molecule has 0 unspecified atom stereocenters. The maximum atomic E-state index is 4.04. The molecule has 1 heteroatoms. The summed E-state index contributed by atoms with van der Waals surface area (Å²) >= 11 is 0. The molecule has 3 rings (SSSR count). The van der Waals surface area contributed by atoms with E-state index in [9.17, 15) is 0 Å². The van der Waals surface area contributed by atoms with Crippen LogP contribution in [0.5, 0.6) is 0 Å². The molecule has 18 heavy (non-hydrogen) atoms. The lowest BCUT2D eigenvalue weighted by Gasteiger charge is -2.04. The molecule has 88 valence electrons. The third-order valence-electron chi connectivity index (χ3n) is 3.45. The Morgan fingerprint density at radius 2 is 2.11 bits per heavy atom. The fourth-order valence-corrected chi connectivity index (χ4v) is 2.47. The molecule has 1 aliphatic rings. The lowest BCUT2D eigenvalue weighted by molar-refractivity contribution is -0.510. The fraction of sp³-hybridized carbons (Fsp3) is 0.118. The zero-order valence-electron chi connectivity index (χ0n) is 10.6. The van der Waals surface area contributed by atoms with Crippen LogP contribution in [0.1, 0.15) is 11.1 Å². The van der Waals surface area contributed by atoms with Gasteiger partial charge in [0.1, 0.15) is 6.72 Å². The summed E-state index contributed by atoms with van der Waals surface area (Å²) in [6, 6.07) is 10.7. The van der Waals surface area contributed by atoms with E-state index in [1.807, 2.05) is 16.5 Å². The summed E-state index contributed by atoms with van der Waals surface area (Å²) < 4.78 is 1.93. The molecule has 0 saturated heterocycles. The number of nitrogens with zero attached hydrogens (tertiary/aromatic N) is 1. The van der Waals surface area contributed by atoms with Crippen LogP contribution in [-0.2, 0) is 6.42 Å². The zero-order valence-corrected chi connectivity index (χ0v) is 10.6. The van der Waals surface area contributed by atoms with E-state index < -0.39 is 0 Å². The molecule has 1 heterocycles. The molecule has 0 spiro atoms. The molecule has 1 aliphatic carbocycles. The lowest BCUT2D eigenvalue weighted by atomic mass is 10.00. The van der Waals surface area contributed by atoms with Crippen molar-refractivity contribution in [1.29, 1.82) is 0 Å². The number of aromatic nitrogens is 1. The highest BCUT2D eigenvalue weighted by molar-refractivity contribution is 5.45. The predicted molar refractivity (Wildman–Crippen MR) is 73.2 cm³/mol. The van der Waals surface area contributed by atoms with Gasteiger partial charge < -0.3 is 0 Å². The first-order valence-corrected chi connectivity index (χ1v) is 6.21. The second-order valence-corrected chi connectivity index (χ2v) is 4.72. The summed E-state index contributed by atoms with van der Waals surface area (Å²) in [5, 5.41) is 3.77. The molecule has 0 bridgehead atoms. The van der Waals surface area contributed by atoms with Gasteiger partial charge in [-0.25, -0.2) is 0 Å². The van der Waals surface area contributed by atoms with E-state index in [0.717, 1.165) is 11.8 Å². The Kier molecular flexibility index (Phi) is 2.60. The molecule has 0 saturated carbocycles. The Morgan fingerprint density at radius 1 is 1.22 bits per heavy atom. The molecule has 0 atom stereocenters. The number of hydrogen-bond donors (Lipinski definition) is 0. The molecule has 0 aliphatic heterocycles. The second kappa shape index (κ2) is 4.26. The van der Waals surface area contributed by atoms with Crippen molar-refractivity contribution >= 4 is 6.08 Å². The highest BCUT2D eigenvalue weighted by Crippen LogP contribution is 2.06. The van der Waals surface area contributed by atoms with E-state index in [0.29, 0.717) is 0 Å². The van der Waals surface area contributed by atoms with Gasteiger partial charge in [-0.1, -0.05) is 24.3 Å². The van der Waals surface area contributed by atoms with Gasteiger partial charge in [-0.3, -0.25) is 0 Å². The summed E-state index contributed by atoms with van der Waals surface area (Å²) in [6.07, 6.45) is 9.51. The van der Waals surface area contributed by atoms with Gasteiger partial charge in [-0.2, -0.15) is 4.24 Å². The Bertz CT molecular complexity index is 829. The number of allylic oxidation sites excluding steroid dienone is 2. The topological polar surface area (TPSA) is 5.90 Å². The van der Waals surface area contributed by atoms with E-state index in [-0.39, 0.29) is 0 Å². The van der Waals surface area contributed by atoms with Crippen LogP contribution in [0.4, 0.5) is 0 Å². The van der Waals surface area contributed by atoms with Crippen molar-refractivity contribution in [3.05, 3.63) is 82.3 Å². The first-order chi connectivity index (χ1) is 8.75. The predicted octanol–water partition coefficient (Wildman–Crippen LogP) is 2.10. The smallest absolute Gasteiger partial charge is 0.174 e. The van der Waals surface area contributed by atoms with E-state index in [2.05, 4.69) is 56.1 Å². The van der Waals surface area contributed by atoms with E-state index in [1.54, 1.807) is 0 Å². The van der Waals surface area contributed by atoms with Crippen molar-refractivity contribution in [3.8, 4) is 0 Å². The van der Waals surface area contributed by atoms with Crippen LogP contribution in [0.15, 0.2) is 48.7 Å². The Morgan fingerprint density at radius 3 is 2.94 bits per heavy atom. The van der Waals surface area contributed by atoms with Crippen molar-refractivity contribution in [2.24, 2.45) is 0 Å². The molecular weight excluding hydrogens is 218 g/mol. The molecule has 1 aromatic heterocycles. The van der Waals surface area contributed by atoms with Crippen LogP contribution >= 0.6 is 0 Å². The van der Waals surface area contributed by atoms with E-state index in [4.69, 9.17) is 0 Å². The van der Waals surface area contributed by atoms with Crippen molar-refractivity contribution in [2.75, 3.05) is 0 Å². The van der Waals surface area contributed by atoms with Gasteiger partial charge in [-0.05, 0) is 41.8 Å². The summed E-state index contributed by atoms with van der Waals surface area (Å²) in [6.45, 7) is 6.21. The lowest BCUT2D eigenvalue weighted by Crippen LogP contribution is -2.16. The molecule has 0 fully saturated rings. The number of aryl methyl sites for hydroxylation is 1. The molecule has 0 amide bonds. The molecule has 0 N–H and O–H groups in total. The highest BCUT2D eigenvalue weighted by Gasteiger charge is 2.02. The SMILES string of the molecule is C=[n+]1cccc/c1=c1\cc2c(cc1C)=CC=CC2. The minimum absolute atomic E-state index is 1.02. The molecule has 1 aromatic carbocycles. The van der Waals surface area contributed by atoms with Crippen LogP contribution in [0.2, 0.25) is 0 Å². The minimum Gasteiger partial charge on any atom is -0.174 e. The monoisotopic (exact) mass is 234 g/mol. The standard InChI is InChI=1S/C17H16N/c1-13-11-14-7-3-4-8-15(14)12-16(13)17-9-5-6-10-18(17)2/h3-7,9-12H,2,8H2,1H3/q+1/b17-16-. The van der Waals surface area contributed by atoms with Gasteiger partial charge in [0.25, 0.3) is 0 Å². The van der Waals surface area contributed by atoms with Crippen LogP contribution in [0.25, 0.3) is 6.08 Å². The Hall–Kier alpha value is -2.15. The average Bonchev–Trinajstić information content (AvgIpc) is 2.39. The van der Waals surface area contributed by atoms with E-state index >= 15 is 0 Å². The van der Waals surface area contributed by atoms with Gasteiger partial charge in [-0.15, -0.1) is 0 Å². The van der Waals surface area contributed by atoms with Crippen molar-refractivity contribution in [1.82, 2.24) is 0 Å². The molecule has 2 aromatic rings. The normalized spacial score (nSPS) is 14.9. The zero-order chi connectivity index (χ0) is 12.5. The summed E-state index contributed by atoms with van der Waals surface area (Å²) in [5.74, 6) is 0. The number of fused-ring (bicyclic) bond motifs is 1. The van der Waals surface area contributed by atoms with Crippen molar-refractivity contribution < 1.29 is 4.24 Å². The van der Waals surface area contributed by atoms with Crippen LogP contribution in [-0.4, -0.2) is 0 Å². The number of pyridine rings is 1. The third-order valence-corrected chi connectivity index (χ3v) is 3.45. The maximum absolute atomic E-state index is 4.04. The van der Waals surface area contributed by atoms with Gasteiger partial charge in [0.15, 0.2) is 6.20 Å². The minimum atomic E-state index is 1.02. The number of rotatable bonds is 0. The van der Waals surface area contributed by atoms with E-state index in [1.165, 1.54) is 21.6 Å². The largest absolute Gasteiger partial charge is 0.217 e. The maximum Gasteiger partial charge on any atom is 0.217 e. The first kappa shape index (κ1) is 11.0. The Balaban J connectivity index is 2.52. The first-order valence-electron chi connectivity index (χ1n) is 6.21. The van der Waals surface area contributed by atoms with Gasteiger partial charge >= 0.3 is 0 Å². The van der Waals surface area contributed by atoms with Gasteiger partial charge in [0.05, 0.1) is 0 Å². The Labute approximate surface area is 106 Å². The number of hydrogen-bond acceptors (Lipinski definition) is 0. The summed E-state index contributed by atoms with van der Waals surface area (Å²) in [4.78, 5) is 0. The van der Waals surface area contributed by atoms with Gasteiger partial charge in [0.2, 0.25) is 5.35 Å². The van der Waals surface area contributed by atoms with Crippen LogP contribution in [0.3, 0.4) is 0 Å². The van der Waals surface area contributed by atoms with Crippen molar-refractivity contribution in [2.45, 2.75) is 13.3 Å². The third kappa shape index (κ3) is 1.78. The quantitative estimate of drug-likeness (QED) is 0.616. The summed E-state index contributed by atoms with van der Waals surface area (Å²) in [7, 11) is 0. The van der Waals surface area contributed by atoms with Crippen LogP contribution < -0.4 is 9.46 Å². The second-order valence-electron chi connectivity index (χ2n) is 4.72. The average molecular weight is 234 g/mol. The number of benzene rings is 1. The fourth-order valence-electron chi connectivity index (χ4n) is 2.47. The van der Waals surface area contributed by atoms with Gasteiger partial charge in [0, 0.05) is 17.4 Å². The van der Waals surface area contributed by atoms with Crippen LogP contribution in [0, 0.1) is 24.2 Å². The molecule has 0 radical (unpaired) electrons. The van der Waals surface area contributed by atoms with Crippen molar-refractivity contribution in [3.63, 3.8) is 0 Å². The highest BCUT2D eigenvalue weighted by atomic mass is 14.8. The molecule has 1 nitrogen and oxygen atoms in total.